The van der Waals surface area contributed by atoms with Gasteiger partial charge in [0.2, 0.25) is 5.91 Å². The van der Waals surface area contributed by atoms with Crippen molar-refractivity contribution < 1.29 is 9.53 Å². The van der Waals surface area contributed by atoms with Gasteiger partial charge in [-0.2, -0.15) is 15.1 Å². The molecule has 0 aromatic carbocycles. The van der Waals surface area contributed by atoms with Gasteiger partial charge in [0.05, 0.1) is 23.7 Å². The smallest absolute Gasteiger partial charge is 0.316 e. The third kappa shape index (κ3) is 3.31. The largest absolute Gasteiger partial charge is 0.464 e. The van der Waals surface area contributed by atoms with E-state index >= 15 is 0 Å². The average Bonchev–Trinajstić information content (AvgIpc) is 2.87. The number of rotatable bonds is 5. The molecule has 0 saturated heterocycles. The Balaban J connectivity index is 2.10. The van der Waals surface area contributed by atoms with E-state index in [1.807, 2.05) is 6.92 Å². The zero-order valence-electron chi connectivity index (χ0n) is 11.8. The number of nitrogens with one attached hydrogen (secondary N) is 1. The van der Waals surface area contributed by atoms with Crippen molar-refractivity contribution >= 4 is 11.6 Å². The van der Waals surface area contributed by atoms with Gasteiger partial charge in [-0.25, -0.2) is 0 Å². The topological polar surface area (TPSA) is 81.9 Å². The zero-order chi connectivity index (χ0) is 14.5. The van der Waals surface area contributed by atoms with Crippen LogP contribution in [0.4, 0.5) is 5.69 Å². The van der Waals surface area contributed by atoms with E-state index in [1.165, 1.54) is 0 Å². The minimum Gasteiger partial charge on any atom is -0.464 e. The summed E-state index contributed by atoms with van der Waals surface area (Å²) in [5.74, 6) is -0.173. The number of aromatic nitrogens is 4. The van der Waals surface area contributed by atoms with E-state index in [0.29, 0.717) is 29.7 Å². The van der Waals surface area contributed by atoms with Gasteiger partial charge in [0.15, 0.2) is 0 Å². The van der Waals surface area contributed by atoms with Gasteiger partial charge in [-0.1, -0.05) is 0 Å². The van der Waals surface area contributed by atoms with Gasteiger partial charge in [-0.15, -0.1) is 0 Å². The molecule has 2 rings (SSSR count). The highest BCUT2D eigenvalue weighted by Gasteiger charge is 2.12. The molecule has 0 atom stereocenters. The molecule has 1 amide bonds. The summed E-state index contributed by atoms with van der Waals surface area (Å²) in [5.41, 5.74) is 1.97. The highest BCUT2D eigenvalue weighted by Crippen LogP contribution is 2.19. The second-order valence-electron chi connectivity index (χ2n) is 4.24. The first-order valence-electron chi connectivity index (χ1n) is 6.35. The molecule has 0 aliphatic carbocycles. The number of nitrogens with zero attached hydrogens (tertiary/aromatic N) is 4. The Labute approximate surface area is 117 Å². The normalized spacial score (nSPS) is 10.3. The van der Waals surface area contributed by atoms with E-state index in [1.54, 1.807) is 37.0 Å². The van der Waals surface area contributed by atoms with Crippen molar-refractivity contribution in [2.75, 3.05) is 11.9 Å². The highest BCUT2D eigenvalue weighted by molar-refractivity contribution is 5.91. The summed E-state index contributed by atoms with van der Waals surface area (Å²) in [7, 11) is 0. The molecule has 2 heterocycles. The maximum Gasteiger partial charge on any atom is 0.316 e. The summed E-state index contributed by atoms with van der Waals surface area (Å²) in [4.78, 5) is 20.3. The van der Waals surface area contributed by atoms with Gasteiger partial charge in [0.25, 0.3) is 0 Å². The Morgan fingerprint density at radius 2 is 2.05 bits per heavy atom. The fraction of sp³-hybridized carbons (Fsp3) is 0.385. The predicted molar refractivity (Wildman–Crippen MR) is 73.5 cm³/mol. The lowest BCUT2D eigenvalue weighted by atomic mass is 10.3. The number of ether oxygens (including phenoxy) is 1. The lowest BCUT2D eigenvalue weighted by molar-refractivity contribution is -0.116. The molecule has 2 aromatic rings. The molecule has 20 heavy (non-hydrogen) atoms. The van der Waals surface area contributed by atoms with Crippen LogP contribution >= 0.6 is 0 Å². The molecule has 0 radical (unpaired) electrons. The molecule has 0 spiro atoms. The Morgan fingerprint density at radius 1 is 1.35 bits per heavy atom. The van der Waals surface area contributed by atoms with Gasteiger partial charge < -0.3 is 10.1 Å². The van der Waals surface area contributed by atoms with Crippen LogP contribution in [0.1, 0.15) is 18.3 Å². The molecule has 0 saturated carbocycles. The van der Waals surface area contributed by atoms with Crippen LogP contribution in [0.3, 0.4) is 0 Å². The van der Waals surface area contributed by atoms with Gasteiger partial charge in [-0.05, 0) is 26.8 Å². The monoisotopic (exact) mass is 275 g/mol. The number of aryl methyl sites for hydroxylation is 2. The fourth-order valence-electron chi connectivity index (χ4n) is 1.78. The van der Waals surface area contributed by atoms with Crippen LogP contribution in [0.5, 0.6) is 6.01 Å². The van der Waals surface area contributed by atoms with Crippen molar-refractivity contribution in [1.82, 2.24) is 19.7 Å². The second kappa shape index (κ2) is 6.14. The van der Waals surface area contributed by atoms with Crippen molar-refractivity contribution in [3.63, 3.8) is 0 Å². The molecule has 7 nitrogen and oxygen atoms in total. The van der Waals surface area contributed by atoms with E-state index in [0.717, 1.165) is 0 Å². The standard InChI is InChI=1S/C13H17N5O2/c1-4-20-13-15-9(2)12(10(3)16-13)17-11(19)8-18-7-5-6-14-18/h5-7H,4,8H2,1-3H3,(H,17,19). The Bertz CT molecular complexity index is 572. The summed E-state index contributed by atoms with van der Waals surface area (Å²) in [6.07, 6.45) is 3.36. The summed E-state index contributed by atoms with van der Waals surface area (Å²) < 4.78 is 6.81. The van der Waals surface area contributed by atoms with Crippen molar-refractivity contribution in [3.05, 3.63) is 29.8 Å². The maximum atomic E-state index is 11.9. The summed E-state index contributed by atoms with van der Waals surface area (Å²) in [6.45, 7) is 6.14. The van der Waals surface area contributed by atoms with E-state index in [9.17, 15) is 4.79 Å². The molecule has 0 bridgehead atoms. The van der Waals surface area contributed by atoms with Crippen molar-refractivity contribution in [2.45, 2.75) is 27.3 Å². The SMILES string of the molecule is CCOc1nc(C)c(NC(=O)Cn2cccn2)c(C)n1. The molecule has 106 valence electrons. The van der Waals surface area contributed by atoms with Crippen molar-refractivity contribution in [3.8, 4) is 6.01 Å². The Hall–Kier alpha value is -2.44. The van der Waals surface area contributed by atoms with Crippen LogP contribution in [-0.4, -0.2) is 32.3 Å². The summed E-state index contributed by atoms with van der Waals surface area (Å²) in [5, 5.41) is 6.79. The zero-order valence-corrected chi connectivity index (χ0v) is 11.8. The van der Waals surface area contributed by atoms with Gasteiger partial charge in [-0.3, -0.25) is 9.48 Å². The molecule has 2 aromatic heterocycles. The van der Waals surface area contributed by atoms with Crippen LogP contribution in [0, 0.1) is 13.8 Å². The lowest BCUT2D eigenvalue weighted by Gasteiger charge is -2.12. The number of carbonyl (C=O) groups is 1. The molecular formula is C13H17N5O2. The maximum absolute atomic E-state index is 11.9. The first-order chi connectivity index (χ1) is 9.60. The Morgan fingerprint density at radius 3 is 2.60 bits per heavy atom. The molecule has 0 unspecified atom stereocenters. The van der Waals surface area contributed by atoms with Gasteiger partial charge >= 0.3 is 6.01 Å². The van der Waals surface area contributed by atoms with Crippen molar-refractivity contribution in [2.24, 2.45) is 0 Å². The van der Waals surface area contributed by atoms with Crippen molar-refractivity contribution in [1.29, 1.82) is 0 Å². The molecule has 1 N–H and O–H groups in total. The van der Waals surface area contributed by atoms with E-state index in [2.05, 4.69) is 20.4 Å². The fourth-order valence-corrected chi connectivity index (χ4v) is 1.78. The van der Waals surface area contributed by atoms with Gasteiger partial charge in [0.1, 0.15) is 6.54 Å². The first kappa shape index (κ1) is 14.0. The van der Waals surface area contributed by atoms with Crippen LogP contribution in [0.15, 0.2) is 18.5 Å². The molecule has 0 fully saturated rings. The number of hydrogen-bond acceptors (Lipinski definition) is 5. The van der Waals surface area contributed by atoms with Crippen LogP contribution in [0.25, 0.3) is 0 Å². The van der Waals surface area contributed by atoms with E-state index in [4.69, 9.17) is 4.74 Å². The summed E-state index contributed by atoms with van der Waals surface area (Å²) in [6, 6.07) is 2.09. The third-order valence-corrected chi connectivity index (χ3v) is 2.65. The number of hydrogen-bond donors (Lipinski definition) is 1. The highest BCUT2D eigenvalue weighted by atomic mass is 16.5. The minimum atomic E-state index is -0.173. The minimum absolute atomic E-state index is 0.152. The van der Waals surface area contributed by atoms with Crippen LogP contribution < -0.4 is 10.1 Å². The second-order valence-corrected chi connectivity index (χ2v) is 4.24. The molecule has 0 aliphatic heterocycles. The van der Waals surface area contributed by atoms with Gasteiger partial charge in [0, 0.05) is 12.4 Å². The Kier molecular flexibility index (Phi) is 4.29. The molecular weight excluding hydrogens is 258 g/mol. The lowest BCUT2D eigenvalue weighted by Crippen LogP contribution is -2.21. The van der Waals surface area contributed by atoms with E-state index < -0.39 is 0 Å². The predicted octanol–water partition coefficient (Wildman–Crippen LogP) is 1.33. The molecule has 0 aliphatic rings. The molecule has 7 heteroatoms. The average molecular weight is 275 g/mol. The third-order valence-electron chi connectivity index (χ3n) is 2.65. The first-order valence-corrected chi connectivity index (χ1v) is 6.35. The summed E-state index contributed by atoms with van der Waals surface area (Å²) >= 11 is 0. The number of amides is 1. The van der Waals surface area contributed by atoms with Crippen LogP contribution in [-0.2, 0) is 11.3 Å². The quantitative estimate of drug-likeness (QED) is 0.890. The number of carbonyl (C=O) groups excluding carboxylic acids is 1. The van der Waals surface area contributed by atoms with Crippen LogP contribution in [0.2, 0.25) is 0 Å². The number of anilines is 1. The van der Waals surface area contributed by atoms with E-state index in [-0.39, 0.29) is 12.5 Å².